The summed E-state index contributed by atoms with van der Waals surface area (Å²) in [6.45, 7) is 1.23. The molecule has 1 aliphatic heterocycles. The van der Waals surface area contributed by atoms with Crippen LogP contribution in [0.4, 0.5) is 9.59 Å². The maximum atomic E-state index is 11.8. The molecule has 0 aliphatic carbocycles. The van der Waals surface area contributed by atoms with E-state index in [2.05, 4.69) is 32.1 Å². The molecule has 1 aliphatic rings. The number of carbonyl (C=O) groups excluding carboxylic acids is 2. The second-order valence-corrected chi connectivity index (χ2v) is 6.10. The average molecular weight is 385 g/mol. The summed E-state index contributed by atoms with van der Waals surface area (Å²) in [5, 5.41) is 11.5. The van der Waals surface area contributed by atoms with Crippen LogP contribution >= 0.6 is 15.9 Å². The number of nitrogens with zero attached hydrogens (tertiary/aromatic N) is 1. The Bertz CT molecular complexity index is 593. The normalized spacial score (nSPS) is 16.7. The number of urea groups is 1. The molecule has 1 atom stereocenters. The zero-order valence-corrected chi connectivity index (χ0v) is 13.8. The number of hydrogen-bond donors (Lipinski definition) is 4. The molecule has 124 valence electrons. The van der Waals surface area contributed by atoms with Crippen LogP contribution in [0.1, 0.15) is 16.8 Å². The van der Waals surface area contributed by atoms with Crippen LogP contribution in [0.25, 0.3) is 0 Å². The van der Waals surface area contributed by atoms with Gasteiger partial charge in [0.25, 0.3) is 5.91 Å². The number of nitrogens with one attached hydrogen (secondary N) is 3. The van der Waals surface area contributed by atoms with Crippen molar-refractivity contribution in [3.05, 3.63) is 34.3 Å². The van der Waals surface area contributed by atoms with E-state index in [4.69, 9.17) is 5.11 Å². The smallest absolute Gasteiger partial charge is 0.407 e. The van der Waals surface area contributed by atoms with Gasteiger partial charge in [0, 0.05) is 29.7 Å². The fourth-order valence-corrected chi connectivity index (χ4v) is 2.51. The highest BCUT2D eigenvalue weighted by molar-refractivity contribution is 9.10. The third-order valence-corrected chi connectivity index (χ3v) is 4.03. The zero-order valence-electron chi connectivity index (χ0n) is 12.2. The predicted molar refractivity (Wildman–Crippen MR) is 85.8 cm³/mol. The number of amides is 4. The van der Waals surface area contributed by atoms with Gasteiger partial charge in [-0.25, -0.2) is 15.0 Å². The molecule has 0 bridgehead atoms. The molecule has 1 aromatic carbocycles. The van der Waals surface area contributed by atoms with Crippen molar-refractivity contribution in [2.75, 3.05) is 19.6 Å². The van der Waals surface area contributed by atoms with Crippen LogP contribution < -0.4 is 16.2 Å². The lowest BCUT2D eigenvalue weighted by atomic mass is 10.1. The molecule has 1 aromatic rings. The number of likely N-dealkylation sites (tertiary alicyclic amines) is 1. The van der Waals surface area contributed by atoms with Crippen molar-refractivity contribution in [1.29, 1.82) is 0 Å². The molecule has 9 heteroatoms. The monoisotopic (exact) mass is 384 g/mol. The van der Waals surface area contributed by atoms with Crippen molar-refractivity contribution in [2.45, 2.75) is 6.42 Å². The molecular weight excluding hydrogens is 368 g/mol. The fraction of sp³-hybridized carbons (Fsp3) is 0.357. The minimum absolute atomic E-state index is 0.0824. The summed E-state index contributed by atoms with van der Waals surface area (Å²) < 4.78 is 0.853. The van der Waals surface area contributed by atoms with Gasteiger partial charge in [-0.3, -0.25) is 10.2 Å². The van der Waals surface area contributed by atoms with E-state index >= 15 is 0 Å². The van der Waals surface area contributed by atoms with Crippen molar-refractivity contribution in [3.63, 3.8) is 0 Å². The topological polar surface area (TPSA) is 111 Å². The maximum Gasteiger partial charge on any atom is 0.407 e. The summed E-state index contributed by atoms with van der Waals surface area (Å²) in [5.74, 6) is -0.343. The highest BCUT2D eigenvalue weighted by Crippen LogP contribution is 2.15. The Morgan fingerprint density at radius 1 is 1.22 bits per heavy atom. The van der Waals surface area contributed by atoms with E-state index in [9.17, 15) is 14.4 Å². The molecule has 0 radical (unpaired) electrons. The van der Waals surface area contributed by atoms with Crippen LogP contribution in [0.5, 0.6) is 0 Å². The summed E-state index contributed by atoms with van der Waals surface area (Å²) >= 11 is 3.27. The van der Waals surface area contributed by atoms with Crippen LogP contribution in [0.15, 0.2) is 28.7 Å². The zero-order chi connectivity index (χ0) is 16.8. The molecule has 1 saturated heterocycles. The molecule has 0 saturated carbocycles. The lowest BCUT2D eigenvalue weighted by Gasteiger charge is -2.13. The van der Waals surface area contributed by atoms with E-state index in [1.54, 1.807) is 24.3 Å². The van der Waals surface area contributed by atoms with Crippen molar-refractivity contribution in [3.8, 4) is 0 Å². The van der Waals surface area contributed by atoms with Gasteiger partial charge in [0.05, 0.1) is 0 Å². The first kappa shape index (κ1) is 17.1. The Balaban J connectivity index is 1.68. The SMILES string of the molecule is O=C(NC[C@@H]1CCN(C(=O)O)C1)NNC(=O)c1ccc(Br)cc1. The highest BCUT2D eigenvalue weighted by atomic mass is 79.9. The quantitative estimate of drug-likeness (QED) is 0.590. The van der Waals surface area contributed by atoms with Crippen LogP contribution in [-0.2, 0) is 0 Å². The molecule has 4 N–H and O–H groups in total. The Hall–Kier alpha value is -2.29. The number of benzene rings is 1. The lowest BCUT2D eigenvalue weighted by Crippen LogP contribution is -2.48. The van der Waals surface area contributed by atoms with E-state index < -0.39 is 18.0 Å². The third-order valence-electron chi connectivity index (χ3n) is 3.50. The Kier molecular flexibility index (Phi) is 5.80. The number of carbonyl (C=O) groups is 3. The molecule has 0 aromatic heterocycles. The summed E-state index contributed by atoms with van der Waals surface area (Å²) in [5.41, 5.74) is 4.98. The van der Waals surface area contributed by atoms with Gasteiger partial charge in [-0.05, 0) is 36.6 Å². The first-order valence-corrected chi connectivity index (χ1v) is 7.82. The van der Waals surface area contributed by atoms with Gasteiger partial charge >= 0.3 is 12.1 Å². The van der Waals surface area contributed by atoms with Gasteiger partial charge in [-0.1, -0.05) is 15.9 Å². The van der Waals surface area contributed by atoms with Crippen molar-refractivity contribution < 1.29 is 19.5 Å². The van der Waals surface area contributed by atoms with Gasteiger partial charge in [0.15, 0.2) is 0 Å². The van der Waals surface area contributed by atoms with Crippen LogP contribution in [-0.4, -0.2) is 47.7 Å². The molecule has 1 fully saturated rings. The highest BCUT2D eigenvalue weighted by Gasteiger charge is 2.25. The second-order valence-electron chi connectivity index (χ2n) is 5.18. The minimum atomic E-state index is -0.946. The van der Waals surface area contributed by atoms with Gasteiger partial charge < -0.3 is 15.3 Å². The molecular formula is C14H17BrN4O4. The average Bonchev–Trinajstić information content (AvgIpc) is 3.00. The molecule has 8 nitrogen and oxygen atoms in total. The van der Waals surface area contributed by atoms with Gasteiger partial charge in [0.2, 0.25) is 0 Å². The second kappa shape index (κ2) is 7.82. The third kappa shape index (κ3) is 5.13. The molecule has 2 rings (SSSR count). The van der Waals surface area contributed by atoms with E-state index in [1.807, 2.05) is 0 Å². The Morgan fingerprint density at radius 3 is 2.52 bits per heavy atom. The largest absolute Gasteiger partial charge is 0.465 e. The molecule has 0 spiro atoms. The summed E-state index contributed by atoms with van der Waals surface area (Å²) in [4.78, 5) is 35.5. The van der Waals surface area contributed by atoms with Crippen molar-refractivity contribution >= 4 is 34.0 Å². The first-order chi connectivity index (χ1) is 11.0. The molecule has 4 amide bonds. The number of carboxylic acid groups (broad SMARTS) is 1. The fourth-order valence-electron chi connectivity index (χ4n) is 2.24. The first-order valence-electron chi connectivity index (χ1n) is 7.03. The molecule has 0 unspecified atom stereocenters. The minimum Gasteiger partial charge on any atom is -0.465 e. The Labute approximate surface area is 141 Å². The van der Waals surface area contributed by atoms with Crippen molar-refractivity contribution in [2.24, 2.45) is 5.92 Å². The molecule has 1 heterocycles. The van der Waals surface area contributed by atoms with Crippen LogP contribution in [0.2, 0.25) is 0 Å². The van der Waals surface area contributed by atoms with E-state index in [0.717, 1.165) is 4.47 Å². The van der Waals surface area contributed by atoms with Gasteiger partial charge in [0.1, 0.15) is 0 Å². The number of rotatable bonds is 3. The Morgan fingerprint density at radius 2 is 1.91 bits per heavy atom. The maximum absolute atomic E-state index is 11.8. The summed E-state index contributed by atoms with van der Waals surface area (Å²) in [6, 6.07) is 6.16. The standard InChI is InChI=1S/C14H17BrN4O4/c15-11-3-1-10(2-4-11)12(20)17-18-13(21)16-7-9-5-6-19(8-9)14(22)23/h1-4,9H,5-8H2,(H,17,20)(H,22,23)(H2,16,18,21)/t9-/m0/s1. The van der Waals surface area contributed by atoms with Crippen molar-refractivity contribution in [1.82, 2.24) is 21.1 Å². The van der Waals surface area contributed by atoms with Crippen LogP contribution in [0, 0.1) is 5.92 Å². The number of hydrogen-bond acceptors (Lipinski definition) is 3. The molecule has 23 heavy (non-hydrogen) atoms. The van der Waals surface area contributed by atoms with Gasteiger partial charge in [-0.15, -0.1) is 0 Å². The summed E-state index contributed by atoms with van der Waals surface area (Å²) in [7, 11) is 0. The number of halogens is 1. The van der Waals surface area contributed by atoms with E-state index in [-0.39, 0.29) is 5.92 Å². The van der Waals surface area contributed by atoms with E-state index in [1.165, 1.54) is 4.90 Å². The van der Waals surface area contributed by atoms with E-state index in [0.29, 0.717) is 31.6 Å². The lowest BCUT2D eigenvalue weighted by molar-refractivity contribution is 0.0936. The van der Waals surface area contributed by atoms with Gasteiger partial charge in [-0.2, -0.15) is 0 Å². The van der Waals surface area contributed by atoms with Crippen LogP contribution in [0.3, 0.4) is 0 Å². The predicted octanol–water partition coefficient (Wildman–Crippen LogP) is 1.39. The number of hydrazine groups is 1. The summed E-state index contributed by atoms with van der Waals surface area (Å²) in [6.07, 6.45) is -0.239.